The highest BCUT2D eigenvalue weighted by Crippen LogP contribution is 2.07. The summed E-state index contributed by atoms with van der Waals surface area (Å²) in [4.78, 5) is 30.3. The van der Waals surface area contributed by atoms with Crippen LogP contribution in [0.5, 0.6) is 0 Å². The first-order chi connectivity index (χ1) is 12.1. The molecule has 1 aromatic carbocycles. The number of aryl methyl sites for hydroxylation is 1. The van der Waals surface area contributed by atoms with Crippen LogP contribution in [-0.4, -0.2) is 72.3 Å². The summed E-state index contributed by atoms with van der Waals surface area (Å²) in [5.41, 5.74) is 1.29. The Bertz CT molecular complexity index is 539. The van der Waals surface area contributed by atoms with Gasteiger partial charge >= 0.3 is 0 Å². The van der Waals surface area contributed by atoms with Gasteiger partial charge in [-0.25, -0.2) is 0 Å². The van der Waals surface area contributed by atoms with Gasteiger partial charge in [-0.05, 0) is 24.9 Å². The van der Waals surface area contributed by atoms with Gasteiger partial charge in [-0.2, -0.15) is 0 Å². The second-order valence-corrected chi connectivity index (χ2v) is 6.66. The van der Waals surface area contributed by atoms with Crippen LogP contribution >= 0.6 is 0 Å². The molecule has 0 spiro atoms. The van der Waals surface area contributed by atoms with Crippen molar-refractivity contribution in [1.29, 1.82) is 0 Å². The lowest BCUT2D eigenvalue weighted by Gasteiger charge is -2.34. The van der Waals surface area contributed by atoms with E-state index in [0.717, 1.165) is 45.6 Å². The van der Waals surface area contributed by atoms with E-state index in [9.17, 15) is 9.59 Å². The van der Waals surface area contributed by atoms with Crippen molar-refractivity contribution >= 4 is 11.8 Å². The Morgan fingerprint density at radius 1 is 1.04 bits per heavy atom. The largest absolute Gasteiger partial charge is 0.342 e. The van der Waals surface area contributed by atoms with Crippen molar-refractivity contribution in [3.8, 4) is 0 Å². The topological polar surface area (TPSA) is 43.9 Å². The molecule has 1 aromatic rings. The van der Waals surface area contributed by atoms with E-state index in [1.165, 1.54) is 5.56 Å². The summed E-state index contributed by atoms with van der Waals surface area (Å²) >= 11 is 0. The molecule has 0 unspecified atom stereocenters. The quantitative estimate of drug-likeness (QED) is 0.724. The van der Waals surface area contributed by atoms with E-state index >= 15 is 0 Å². The molecule has 25 heavy (non-hydrogen) atoms. The highest BCUT2D eigenvalue weighted by Gasteiger charge is 2.20. The molecule has 1 fully saturated rings. The lowest BCUT2D eigenvalue weighted by atomic mass is 10.1. The molecule has 1 heterocycles. The smallest absolute Gasteiger partial charge is 0.224 e. The first-order valence-electron chi connectivity index (χ1n) is 9.39. The van der Waals surface area contributed by atoms with Crippen LogP contribution < -0.4 is 0 Å². The summed E-state index contributed by atoms with van der Waals surface area (Å²) < 4.78 is 0. The van der Waals surface area contributed by atoms with E-state index in [4.69, 9.17) is 0 Å². The van der Waals surface area contributed by atoms with Gasteiger partial charge in [0.2, 0.25) is 11.8 Å². The standard InChI is InChI=1S/C20H31N3O2/c1-3-21-14-16-23(17-15-21)20(25)11-13-22(18(2)24)12-7-10-19-8-5-4-6-9-19/h4-6,8-9H,3,7,10-17H2,1-2H3. The lowest BCUT2D eigenvalue weighted by molar-refractivity contribution is -0.134. The van der Waals surface area contributed by atoms with Gasteiger partial charge in [0, 0.05) is 52.6 Å². The molecule has 138 valence electrons. The average Bonchev–Trinajstić information content (AvgIpc) is 2.65. The van der Waals surface area contributed by atoms with Crippen molar-refractivity contribution in [1.82, 2.24) is 14.7 Å². The summed E-state index contributed by atoms with van der Waals surface area (Å²) in [7, 11) is 0. The Kier molecular flexibility index (Phi) is 7.92. The van der Waals surface area contributed by atoms with Crippen molar-refractivity contribution in [2.75, 3.05) is 45.8 Å². The summed E-state index contributed by atoms with van der Waals surface area (Å²) in [5.74, 6) is 0.224. The Labute approximate surface area is 151 Å². The van der Waals surface area contributed by atoms with Crippen molar-refractivity contribution < 1.29 is 9.59 Å². The zero-order valence-electron chi connectivity index (χ0n) is 15.6. The van der Waals surface area contributed by atoms with E-state index in [2.05, 4.69) is 24.0 Å². The van der Waals surface area contributed by atoms with Crippen molar-refractivity contribution in [3.05, 3.63) is 35.9 Å². The minimum atomic E-state index is 0.0525. The summed E-state index contributed by atoms with van der Waals surface area (Å²) in [6.07, 6.45) is 2.31. The molecule has 0 N–H and O–H groups in total. The lowest BCUT2D eigenvalue weighted by Crippen LogP contribution is -2.49. The van der Waals surface area contributed by atoms with Gasteiger partial charge < -0.3 is 14.7 Å². The van der Waals surface area contributed by atoms with Crippen LogP contribution in [0.3, 0.4) is 0 Å². The maximum absolute atomic E-state index is 12.4. The minimum absolute atomic E-state index is 0.0525. The minimum Gasteiger partial charge on any atom is -0.342 e. The molecule has 0 atom stereocenters. The third-order valence-corrected chi connectivity index (χ3v) is 4.95. The Morgan fingerprint density at radius 2 is 1.72 bits per heavy atom. The molecule has 0 saturated carbocycles. The predicted molar refractivity (Wildman–Crippen MR) is 100 cm³/mol. The summed E-state index contributed by atoms with van der Waals surface area (Å²) in [6, 6.07) is 10.3. The van der Waals surface area contributed by atoms with E-state index < -0.39 is 0 Å². The number of benzene rings is 1. The van der Waals surface area contributed by atoms with Crippen LogP contribution in [0.2, 0.25) is 0 Å². The molecule has 0 bridgehead atoms. The van der Waals surface area contributed by atoms with E-state index in [-0.39, 0.29) is 11.8 Å². The number of likely N-dealkylation sites (N-methyl/N-ethyl adjacent to an activating group) is 1. The normalized spacial score (nSPS) is 15.2. The number of rotatable bonds is 8. The van der Waals surface area contributed by atoms with Gasteiger partial charge in [0.05, 0.1) is 0 Å². The number of nitrogens with zero attached hydrogens (tertiary/aromatic N) is 3. The summed E-state index contributed by atoms with van der Waals surface area (Å²) in [5, 5.41) is 0. The Balaban J connectivity index is 1.71. The predicted octanol–water partition coefficient (Wildman–Crippen LogP) is 2.02. The number of hydrogen-bond donors (Lipinski definition) is 0. The summed E-state index contributed by atoms with van der Waals surface area (Å²) in [6.45, 7) is 9.54. The molecule has 5 heteroatoms. The van der Waals surface area contributed by atoms with Crippen LogP contribution in [0.15, 0.2) is 30.3 Å². The van der Waals surface area contributed by atoms with Gasteiger partial charge in [-0.3, -0.25) is 9.59 Å². The maximum Gasteiger partial charge on any atom is 0.224 e. The molecular formula is C20H31N3O2. The highest BCUT2D eigenvalue weighted by molar-refractivity contribution is 5.78. The fourth-order valence-electron chi connectivity index (χ4n) is 3.25. The monoisotopic (exact) mass is 345 g/mol. The fourth-order valence-corrected chi connectivity index (χ4v) is 3.25. The second kappa shape index (κ2) is 10.2. The third kappa shape index (κ3) is 6.50. The molecule has 1 aliphatic heterocycles. The second-order valence-electron chi connectivity index (χ2n) is 6.66. The molecule has 1 aliphatic rings. The van der Waals surface area contributed by atoms with Crippen molar-refractivity contribution in [2.24, 2.45) is 0 Å². The molecule has 2 amide bonds. The Hall–Kier alpha value is -1.88. The van der Waals surface area contributed by atoms with Crippen LogP contribution in [0.25, 0.3) is 0 Å². The number of piperazine rings is 1. The zero-order chi connectivity index (χ0) is 18.1. The maximum atomic E-state index is 12.4. The van der Waals surface area contributed by atoms with E-state index in [0.29, 0.717) is 19.5 Å². The zero-order valence-corrected chi connectivity index (χ0v) is 15.6. The van der Waals surface area contributed by atoms with E-state index in [1.54, 1.807) is 6.92 Å². The molecule has 0 aromatic heterocycles. The van der Waals surface area contributed by atoms with Gasteiger partial charge in [0.15, 0.2) is 0 Å². The van der Waals surface area contributed by atoms with Crippen LogP contribution in [-0.2, 0) is 16.0 Å². The van der Waals surface area contributed by atoms with Gasteiger partial charge in [-0.15, -0.1) is 0 Å². The fraction of sp³-hybridized carbons (Fsp3) is 0.600. The Morgan fingerprint density at radius 3 is 2.32 bits per heavy atom. The molecule has 5 nitrogen and oxygen atoms in total. The number of amides is 2. The number of hydrogen-bond acceptors (Lipinski definition) is 3. The molecule has 2 rings (SSSR count). The molecule has 1 saturated heterocycles. The molecule has 0 radical (unpaired) electrons. The van der Waals surface area contributed by atoms with Crippen molar-refractivity contribution in [3.63, 3.8) is 0 Å². The first kappa shape index (κ1) is 19.4. The van der Waals surface area contributed by atoms with Gasteiger partial charge in [0.25, 0.3) is 0 Å². The van der Waals surface area contributed by atoms with Gasteiger partial charge in [0.1, 0.15) is 0 Å². The first-order valence-corrected chi connectivity index (χ1v) is 9.39. The van der Waals surface area contributed by atoms with Crippen LogP contribution in [0.4, 0.5) is 0 Å². The average molecular weight is 345 g/mol. The highest BCUT2D eigenvalue weighted by atomic mass is 16.2. The SMILES string of the molecule is CCN1CCN(C(=O)CCN(CCCc2ccccc2)C(C)=O)CC1. The third-order valence-electron chi connectivity index (χ3n) is 4.95. The van der Waals surface area contributed by atoms with Crippen LogP contribution in [0, 0.1) is 0 Å². The molecular weight excluding hydrogens is 314 g/mol. The van der Waals surface area contributed by atoms with Gasteiger partial charge in [-0.1, -0.05) is 37.3 Å². The molecule has 0 aliphatic carbocycles. The van der Waals surface area contributed by atoms with E-state index in [1.807, 2.05) is 28.0 Å². The van der Waals surface area contributed by atoms with Crippen LogP contribution in [0.1, 0.15) is 32.3 Å². The number of carbonyl (C=O) groups is 2. The van der Waals surface area contributed by atoms with Crippen molar-refractivity contribution in [2.45, 2.75) is 33.1 Å². The number of carbonyl (C=O) groups excluding carboxylic acids is 2.